The smallest absolute Gasteiger partial charge is 0.306 e. The number of carbonyl (C=O) groups excluding carboxylic acids is 3. The fraction of sp³-hybridized carbons (Fsp3) is 0.508. The molecule has 0 heterocycles. The summed E-state index contributed by atoms with van der Waals surface area (Å²) in [7, 11) is 0. The summed E-state index contributed by atoms with van der Waals surface area (Å²) in [4.78, 5) is 38.0. The molecule has 6 heteroatoms. The van der Waals surface area contributed by atoms with Crippen LogP contribution in [0, 0.1) is 0 Å². The van der Waals surface area contributed by atoms with E-state index < -0.39 is 6.10 Å². The van der Waals surface area contributed by atoms with Crippen LogP contribution >= 0.6 is 0 Å². The molecule has 0 aromatic carbocycles. The highest BCUT2D eigenvalue weighted by Gasteiger charge is 2.19. The molecule has 0 saturated carbocycles. The Kier molecular flexibility index (Phi) is 51.2. The van der Waals surface area contributed by atoms with Gasteiger partial charge in [-0.2, -0.15) is 0 Å². The highest BCUT2D eigenvalue weighted by molar-refractivity contribution is 5.71. The molecule has 0 aliphatic heterocycles. The highest BCUT2D eigenvalue weighted by atomic mass is 16.6. The number of unbranched alkanes of at least 4 members (excludes halogenated alkanes) is 12. The van der Waals surface area contributed by atoms with Crippen molar-refractivity contribution >= 4 is 17.9 Å². The SMILES string of the molecule is CC\C=C/C=C\C=C/C=C\C=C\C=C/CCCCCC(=O)OC(COC(=O)CC/C=C\C/C=C\C/C=C\C/C=C\C/C=C\C/C=C\CC)COC(=O)CCCCCCCC/C=C\C=C/CCCCC. The average molecular weight is 947 g/mol. The number of allylic oxidation sites excluding steroid dienone is 28. The zero-order valence-electron chi connectivity index (χ0n) is 43.5. The van der Waals surface area contributed by atoms with Gasteiger partial charge in [0.15, 0.2) is 6.10 Å². The number of carbonyl (C=O) groups is 3. The van der Waals surface area contributed by atoms with E-state index >= 15 is 0 Å². The van der Waals surface area contributed by atoms with Crippen molar-refractivity contribution in [2.24, 2.45) is 0 Å². The van der Waals surface area contributed by atoms with E-state index in [-0.39, 0.29) is 44.0 Å². The van der Waals surface area contributed by atoms with Crippen molar-refractivity contribution in [2.45, 2.75) is 194 Å². The molecule has 0 N–H and O–H groups in total. The largest absolute Gasteiger partial charge is 0.462 e. The van der Waals surface area contributed by atoms with Crippen molar-refractivity contribution in [3.63, 3.8) is 0 Å². The quantitative estimate of drug-likeness (QED) is 0.0199. The Bertz CT molecular complexity index is 1650. The summed E-state index contributed by atoms with van der Waals surface area (Å²) in [5.41, 5.74) is 0. The van der Waals surface area contributed by atoms with Crippen LogP contribution in [-0.2, 0) is 28.6 Å². The van der Waals surface area contributed by atoms with Crippen molar-refractivity contribution in [1.29, 1.82) is 0 Å². The van der Waals surface area contributed by atoms with E-state index in [9.17, 15) is 14.4 Å². The third-order valence-electron chi connectivity index (χ3n) is 10.4. The summed E-state index contributed by atoms with van der Waals surface area (Å²) < 4.78 is 16.7. The molecule has 0 aromatic heterocycles. The zero-order valence-corrected chi connectivity index (χ0v) is 43.5. The van der Waals surface area contributed by atoms with Crippen LogP contribution in [0.1, 0.15) is 188 Å². The summed E-state index contributed by atoms with van der Waals surface area (Å²) in [5.74, 6) is -1.09. The minimum absolute atomic E-state index is 0.135. The molecular weight excluding hydrogens is 853 g/mol. The van der Waals surface area contributed by atoms with Crippen LogP contribution in [0.15, 0.2) is 170 Å². The number of esters is 3. The van der Waals surface area contributed by atoms with Crippen LogP contribution in [0.2, 0.25) is 0 Å². The van der Waals surface area contributed by atoms with E-state index in [0.29, 0.717) is 19.3 Å². The molecule has 0 saturated heterocycles. The van der Waals surface area contributed by atoms with Crippen molar-refractivity contribution in [1.82, 2.24) is 0 Å². The molecule has 1 unspecified atom stereocenters. The number of ether oxygens (including phenoxy) is 3. The lowest BCUT2D eigenvalue weighted by Crippen LogP contribution is -2.30. The van der Waals surface area contributed by atoms with E-state index in [0.717, 1.165) is 103 Å². The summed E-state index contributed by atoms with van der Waals surface area (Å²) in [5, 5.41) is 0. The summed E-state index contributed by atoms with van der Waals surface area (Å²) >= 11 is 0. The van der Waals surface area contributed by atoms with Crippen molar-refractivity contribution in [3.8, 4) is 0 Å². The van der Waals surface area contributed by atoms with Crippen molar-refractivity contribution < 1.29 is 28.6 Å². The second kappa shape index (κ2) is 55.4. The van der Waals surface area contributed by atoms with E-state index in [2.05, 4.69) is 118 Å². The molecule has 0 radical (unpaired) electrons. The normalized spacial score (nSPS) is 13.5. The van der Waals surface area contributed by atoms with Gasteiger partial charge in [-0.1, -0.05) is 236 Å². The topological polar surface area (TPSA) is 78.9 Å². The molecule has 0 amide bonds. The van der Waals surface area contributed by atoms with Gasteiger partial charge >= 0.3 is 17.9 Å². The molecule has 0 rings (SSSR count). The van der Waals surface area contributed by atoms with E-state index in [4.69, 9.17) is 14.2 Å². The van der Waals surface area contributed by atoms with Crippen LogP contribution in [0.3, 0.4) is 0 Å². The number of rotatable bonds is 45. The first-order valence-corrected chi connectivity index (χ1v) is 26.7. The Hall–Kier alpha value is -5.23. The summed E-state index contributed by atoms with van der Waals surface area (Å²) in [6.45, 7) is 6.21. The molecule has 1 atom stereocenters. The first-order chi connectivity index (χ1) is 34.0. The van der Waals surface area contributed by atoms with Crippen LogP contribution in [0.25, 0.3) is 0 Å². The minimum atomic E-state index is -0.847. The molecule has 0 spiro atoms. The predicted octanol–water partition coefficient (Wildman–Crippen LogP) is 18.0. The van der Waals surface area contributed by atoms with Crippen LogP contribution in [0.5, 0.6) is 0 Å². The molecule has 0 aromatic rings. The molecule has 69 heavy (non-hydrogen) atoms. The van der Waals surface area contributed by atoms with Crippen molar-refractivity contribution in [2.75, 3.05) is 13.2 Å². The maximum Gasteiger partial charge on any atom is 0.306 e. The zero-order chi connectivity index (χ0) is 50.0. The lowest BCUT2D eigenvalue weighted by molar-refractivity contribution is -0.166. The third-order valence-corrected chi connectivity index (χ3v) is 10.4. The average Bonchev–Trinajstić information content (AvgIpc) is 3.35. The van der Waals surface area contributed by atoms with Crippen molar-refractivity contribution in [3.05, 3.63) is 170 Å². The highest BCUT2D eigenvalue weighted by Crippen LogP contribution is 2.12. The first kappa shape index (κ1) is 63.8. The lowest BCUT2D eigenvalue weighted by atomic mass is 10.1. The van der Waals surface area contributed by atoms with Gasteiger partial charge in [0.05, 0.1) is 0 Å². The van der Waals surface area contributed by atoms with Gasteiger partial charge in [-0.05, 0) is 103 Å². The van der Waals surface area contributed by atoms with Gasteiger partial charge in [-0.3, -0.25) is 14.4 Å². The molecule has 0 aliphatic carbocycles. The third kappa shape index (κ3) is 53.6. The van der Waals surface area contributed by atoms with Crippen LogP contribution in [0.4, 0.5) is 0 Å². The molecule has 382 valence electrons. The first-order valence-electron chi connectivity index (χ1n) is 26.7. The Balaban J connectivity index is 4.66. The van der Waals surface area contributed by atoms with Gasteiger partial charge in [-0.25, -0.2) is 0 Å². The summed E-state index contributed by atoms with van der Waals surface area (Å²) in [6, 6.07) is 0. The monoisotopic (exact) mass is 947 g/mol. The van der Waals surface area contributed by atoms with Crippen LogP contribution < -0.4 is 0 Å². The Morgan fingerprint density at radius 2 is 0.667 bits per heavy atom. The predicted molar refractivity (Wildman–Crippen MR) is 297 cm³/mol. The number of hydrogen-bond donors (Lipinski definition) is 0. The molecule has 6 nitrogen and oxygen atoms in total. The molecule has 0 fully saturated rings. The Labute approximate surface area is 422 Å². The van der Waals surface area contributed by atoms with Crippen LogP contribution in [-0.4, -0.2) is 37.2 Å². The lowest BCUT2D eigenvalue weighted by Gasteiger charge is -2.18. The minimum Gasteiger partial charge on any atom is -0.462 e. The van der Waals surface area contributed by atoms with Gasteiger partial charge in [0.2, 0.25) is 0 Å². The second-order valence-corrected chi connectivity index (χ2v) is 16.8. The number of hydrogen-bond acceptors (Lipinski definition) is 6. The Morgan fingerprint density at radius 1 is 0.319 bits per heavy atom. The fourth-order valence-electron chi connectivity index (χ4n) is 6.43. The molecular formula is C63H94O6. The van der Waals surface area contributed by atoms with Gasteiger partial charge < -0.3 is 14.2 Å². The van der Waals surface area contributed by atoms with Gasteiger partial charge in [0.1, 0.15) is 13.2 Å². The fourth-order valence-corrected chi connectivity index (χ4v) is 6.43. The standard InChI is InChI=1S/C63H94O6/c1-4-7-10-13-16-19-22-25-28-30-31-33-35-38-41-44-47-50-53-56-62(65)68-59-60(58-67-61(64)55-52-49-46-43-40-37-34-27-24-21-18-15-12-9-6-3)69-63(66)57-54-51-48-45-42-39-36-32-29-26-23-20-17-14-11-8-5-2/h7-8,10-11,14,16-21,23-29,31-33,36,38-39,41-42,47,50,60H,4-6,9,12-13,15,22,30,34-35,37,40,43-46,48-49,51-59H2,1-3H3/b10-7-,11-8-,17-14-,19-16-,21-18-,23-20-,27-24-,28-25-,29-26-,33-31-,36-32+,41-38-,42-39-,50-47-. The van der Waals surface area contributed by atoms with E-state index in [1.807, 2.05) is 72.9 Å². The van der Waals surface area contributed by atoms with Gasteiger partial charge in [0, 0.05) is 19.3 Å². The van der Waals surface area contributed by atoms with Gasteiger partial charge in [0.25, 0.3) is 0 Å². The molecule has 0 bridgehead atoms. The second-order valence-electron chi connectivity index (χ2n) is 16.8. The van der Waals surface area contributed by atoms with Gasteiger partial charge in [-0.15, -0.1) is 0 Å². The molecule has 0 aliphatic rings. The van der Waals surface area contributed by atoms with E-state index in [1.165, 1.54) is 32.1 Å². The maximum absolute atomic E-state index is 12.8. The summed E-state index contributed by atoms with van der Waals surface area (Å²) in [6.07, 6.45) is 82.0. The maximum atomic E-state index is 12.8. The van der Waals surface area contributed by atoms with E-state index in [1.54, 1.807) is 0 Å². The Morgan fingerprint density at radius 3 is 1.14 bits per heavy atom.